The Morgan fingerprint density at radius 2 is 1.67 bits per heavy atom. The second-order valence-corrected chi connectivity index (χ2v) is 8.33. The van der Waals surface area contributed by atoms with Gasteiger partial charge in [0.25, 0.3) is 0 Å². The van der Waals surface area contributed by atoms with Gasteiger partial charge >= 0.3 is 5.97 Å². The first-order valence-electron chi connectivity index (χ1n) is 10.0. The highest BCUT2D eigenvalue weighted by Crippen LogP contribution is 2.47. The highest BCUT2D eigenvalue weighted by Gasteiger charge is 2.55. The van der Waals surface area contributed by atoms with E-state index in [1.807, 2.05) is 35.2 Å². The van der Waals surface area contributed by atoms with Crippen molar-refractivity contribution in [2.24, 2.45) is 5.92 Å². The molecule has 0 bridgehead atoms. The predicted octanol–water partition coefficient (Wildman–Crippen LogP) is 3.01. The van der Waals surface area contributed by atoms with Crippen LogP contribution in [0.15, 0.2) is 30.3 Å². The number of Topliss-reactive ketones (excluding diaryl/α,β-unsaturated/α-hetero) is 1. The third-order valence-corrected chi connectivity index (χ3v) is 7.00. The van der Waals surface area contributed by atoms with E-state index in [2.05, 4.69) is 0 Å². The first kappa shape index (κ1) is 18.2. The normalized spacial score (nSPS) is 26.2. The topological polar surface area (TPSA) is 63.7 Å². The van der Waals surface area contributed by atoms with Crippen molar-refractivity contribution in [1.29, 1.82) is 0 Å². The van der Waals surface area contributed by atoms with Crippen molar-refractivity contribution in [1.82, 2.24) is 4.90 Å². The van der Waals surface area contributed by atoms with Crippen LogP contribution in [-0.4, -0.2) is 41.3 Å². The van der Waals surface area contributed by atoms with E-state index in [0.29, 0.717) is 25.9 Å². The maximum atomic E-state index is 13.2. The number of carbonyl (C=O) groups is 3. The quantitative estimate of drug-likeness (QED) is 0.769. The average Bonchev–Trinajstić information content (AvgIpc) is 3.28. The van der Waals surface area contributed by atoms with Gasteiger partial charge in [0.1, 0.15) is 11.4 Å². The van der Waals surface area contributed by atoms with Crippen molar-refractivity contribution in [2.45, 2.75) is 62.9 Å². The van der Waals surface area contributed by atoms with Crippen LogP contribution >= 0.6 is 0 Å². The third-order valence-electron chi connectivity index (χ3n) is 7.00. The van der Waals surface area contributed by atoms with E-state index in [9.17, 15) is 14.4 Å². The van der Waals surface area contributed by atoms with Gasteiger partial charge in [-0.1, -0.05) is 30.3 Å². The molecule has 2 saturated heterocycles. The van der Waals surface area contributed by atoms with Crippen LogP contribution in [0, 0.1) is 5.92 Å². The molecule has 0 aromatic heterocycles. The molecule has 1 amide bonds. The maximum absolute atomic E-state index is 13.2. The fraction of sp³-hybridized carbons (Fsp3) is 0.591. The van der Waals surface area contributed by atoms with Crippen molar-refractivity contribution < 1.29 is 19.1 Å². The summed E-state index contributed by atoms with van der Waals surface area (Å²) in [4.78, 5) is 39.6. The molecule has 1 spiro atoms. The molecule has 2 heterocycles. The SMILES string of the molecule is CC(=O)C1(c2ccccc2)CCN(C(=O)C2CC(=O)OC23CCCC3)CC1. The van der Waals surface area contributed by atoms with Gasteiger partial charge in [0.2, 0.25) is 5.91 Å². The van der Waals surface area contributed by atoms with Crippen LogP contribution < -0.4 is 0 Å². The second-order valence-electron chi connectivity index (χ2n) is 8.33. The lowest BCUT2D eigenvalue weighted by Gasteiger charge is -2.42. The summed E-state index contributed by atoms with van der Waals surface area (Å²) in [5.74, 6) is -0.399. The zero-order valence-electron chi connectivity index (χ0n) is 15.9. The van der Waals surface area contributed by atoms with Crippen LogP contribution in [0.25, 0.3) is 0 Å². The number of ether oxygens (including phenoxy) is 1. The van der Waals surface area contributed by atoms with Crippen LogP contribution in [0.3, 0.4) is 0 Å². The van der Waals surface area contributed by atoms with Crippen molar-refractivity contribution in [3.63, 3.8) is 0 Å². The zero-order valence-corrected chi connectivity index (χ0v) is 15.9. The molecule has 5 nitrogen and oxygen atoms in total. The molecule has 0 radical (unpaired) electrons. The summed E-state index contributed by atoms with van der Waals surface area (Å²) in [6.07, 6.45) is 5.08. The molecule has 1 aliphatic carbocycles. The number of benzene rings is 1. The van der Waals surface area contributed by atoms with Crippen LogP contribution in [-0.2, 0) is 24.5 Å². The zero-order chi connectivity index (χ0) is 19.1. The molecule has 1 saturated carbocycles. The van der Waals surface area contributed by atoms with Gasteiger partial charge < -0.3 is 9.64 Å². The fourth-order valence-electron chi connectivity index (χ4n) is 5.36. The lowest BCUT2D eigenvalue weighted by atomic mass is 9.70. The van der Waals surface area contributed by atoms with Crippen LogP contribution in [0.4, 0.5) is 0 Å². The van der Waals surface area contributed by atoms with E-state index in [0.717, 1.165) is 31.2 Å². The molecule has 144 valence electrons. The molecule has 1 unspecified atom stereocenters. The van der Waals surface area contributed by atoms with Crippen molar-refractivity contribution >= 4 is 17.7 Å². The highest BCUT2D eigenvalue weighted by molar-refractivity contribution is 5.90. The second kappa shape index (κ2) is 6.77. The first-order valence-corrected chi connectivity index (χ1v) is 10.0. The molecule has 0 N–H and O–H groups in total. The van der Waals surface area contributed by atoms with E-state index in [1.54, 1.807) is 6.92 Å². The number of rotatable bonds is 3. The van der Waals surface area contributed by atoms with Gasteiger partial charge in [-0.2, -0.15) is 0 Å². The van der Waals surface area contributed by atoms with Crippen molar-refractivity contribution in [3.05, 3.63) is 35.9 Å². The molecule has 1 aromatic rings. The first-order chi connectivity index (χ1) is 13.0. The summed E-state index contributed by atoms with van der Waals surface area (Å²) in [7, 11) is 0. The standard InChI is InChI=1S/C22H27NO4/c1-16(24)21(17-7-3-2-4-8-17)11-13-23(14-12-21)20(26)18-15-19(25)27-22(18)9-5-6-10-22/h2-4,7-8,18H,5-6,9-15H2,1H3. The predicted molar refractivity (Wildman–Crippen MR) is 100 cm³/mol. The summed E-state index contributed by atoms with van der Waals surface area (Å²) in [6.45, 7) is 2.75. The van der Waals surface area contributed by atoms with Crippen LogP contribution in [0.2, 0.25) is 0 Å². The number of ketones is 1. The summed E-state index contributed by atoms with van der Waals surface area (Å²) in [5, 5.41) is 0. The number of likely N-dealkylation sites (tertiary alicyclic amines) is 1. The summed E-state index contributed by atoms with van der Waals surface area (Å²) >= 11 is 0. The van der Waals surface area contributed by atoms with Gasteiger partial charge in [0, 0.05) is 13.1 Å². The lowest BCUT2D eigenvalue weighted by molar-refractivity contribution is -0.152. The number of esters is 1. The number of carbonyl (C=O) groups excluding carboxylic acids is 3. The van der Waals surface area contributed by atoms with E-state index >= 15 is 0 Å². The summed E-state index contributed by atoms with van der Waals surface area (Å²) in [6, 6.07) is 9.89. The van der Waals surface area contributed by atoms with Gasteiger partial charge in [0.15, 0.2) is 0 Å². The molecule has 1 atom stereocenters. The Morgan fingerprint density at radius 1 is 1.04 bits per heavy atom. The minimum atomic E-state index is -0.567. The summed E-state index contributed by atoms with van der Waals surface area (Å²) in [5.41, 5.74) is -0.0374. The van der Waals surface area contributed by atoms with Gasteiger partial charge in [-0.3, -0.25) is 14.4 Å². The van der Waals surface area contributed by atoms with Crippen LogP contribution in [0.1, 0.15) is 57.4 Å². The summed E-state index contributed by atoms with van der Waals surface area (Å²) < 4.78 is 5.64. The minimum Gasteiger partial charge on any atom is -0.458 e. The Kier molecular flexibility index (Phi) is 4.57. The number of hydrogen-bond donors (Lipinski definition) is 0. The number of amides is 1. The van der Waals surface area contributed by atoms with Gasteiger partial charge in [-0.25, -0.2) is 0 Å². The smallest absolute Gasteiger partial charge is 0.307 e. The molecular formula is C22H27NO4. The van der Waals surface area contributed by atoms with E-state index < -0.39 is 11.0 Å². The minimum absolute atomic E-state index is 0.0352. The van der Waals surface area contributed by atoms with Gasteiger partial charge in [0.05, 0.1) is 17.8 Å². The average molecular weight is 369 g/mol. The molecule has 2 aliphatic heterocycles. The molecule has 3 fully saturated rings. The van der Waals surface area contributed by atoms with Gasteiger partial charge in [-0.05, 0) is 51.0 Å². The largest absolute Gasteiger partial charge is 0.458 e. The monoisotopic (exact) mass is 369 g/mol. The molecule has 5 heteroatoms. The molecular weight excluding hydrogens is 342 g/mol. The Morgan fingerprint density at radius 3 is 2.26 bits per heavy atom. The highest BCUT2D eigenvalue weighted by atomic mass is 16.6. The van der Waals surface area contributed by atoms with E-state index in [1.165, 1.54) is 0 Å². The number of nitrogens with zero attached hydrogens (tertiary/aromatic N) is 1. The van der Waals surface area contributed by atoms with Crippen molar-refractivity contribution in [2.75, 3.05) is 13.1 Å². The molecule has 3 aliphatic rings. The van der Waals surface area contributed by atoms with Gasteiger partial charge in [-0.15, -0.1) is 0 Å². The molecule has 4 rings (SSSR count). The number of hydrogen-bond acceptors (Lipinski definition) is 4. The maximum Gasteiger partial charge on any atom is 0.307 e. The molecule has 27 heavy (non-hydrogen) atoms. The van der Waals surface area contributed by atoms with E-state index in [-0.39, 0.29) is 30.0 Å². The Hall–Kier alpha value is -2.17. The van der Waals surface area contributed by atoms with Crippen molar-refractivity contribution in [3.8, 4) is 0 Å². The number of piperidine rings is 1. The Labute approximate surface area is 160 Å². The lowest BCUT2D eigenvalue weighted by Crippen LogP contribution is -2.52. The van der Waals surface area contributed by atoms with E-state index in [4.69, 9.17) is 4.74 Å². The third kappa shape index (κ3) is 2.97. The Bertz CT molecular complexity index is 743. The Balaban J connectivity index is 1.51. The fourth-order valence-corrected chi connectivity index (χ4v) is 5.36. The molecule has 1 aromatic carbocycles. The van der Waals surface area contributed by atoms with Crippen LogP contribution in [0.5, 0.6) is 0 Å².